The van der Waals surface area contributed by atoms with Crippen molar-refractivity contribution in [2.24, 2.45) is 0 Å². The standard InChI is InChI=1S/C12H19OSi/c1-4-5-11-14(2,3)13-12-9-7-6-8-10-12/h6-9H,4-5,11H2,1-3H3. The second-order valence-corrected chi connectivity index (χ2v) is 8.42. The van der Waals surface area contributed by atoms with Crippen LogP contribution >= 0.6 is 0 Å². The molecule has 0 saturated carbocycles. The van der Waals surface area contributed by atoms with E-state index in [2.05, 4.69) is 26.1 Å². The van der Waals surface area contributed by atoms with E-state index in [0.717, 1.165) is 5.75 Å². The Morgan fingerprint density at radius 1 is 1.36 bits per heavy atom. The predicted octanol–water partition coefficient (Wildman–Crippen LogP) is 3.87. The molecule has 0 aromatic heterocycles. The molecule has 0 aliphatic carbocycles. The number of benzene rings is 1. The van der Waals surface area contributed by atoms with Crippen LogP contribution in [-0.2, 0) is 0 Å². The Morgan fingerprint density at radius 3 is 2.71 bits per heavy atom. The molecule has 2 heteroatoms. The molecule has 0 unspecified atom stereocenters. The van der Waals surface area contributed by atoms with Gasteiger partial charge in [0.2, 0.25) is 8.32 Å². The summed E-state index contributed by atoms with van der Waals surface area (Å²) in [6, 6.07) is 12.2. The Hall–Kier alpha value is -0.763. The van der Waals surface area contributed by atoms with Crippen molar-refractivity contribution < 1.29 is 4.43 Å². The van der Waals surface area contributed by atoms with Crippen molar-refractivity contribution in [3.63, 3.8) is 0 Å². The topological polar surface area (TPSA) is 9.23 Å². The van der Waals surface area contributed by atoms with Crippen LogP contribution in [0.15, 0.2) is 24.3 Å². The minimum Gasteiger partial charge on any atom is -0.544 e. The van der Waals surface area contributed by atoms with Crippen LogP contribution in [0.5, 0.6) is 5.75 Å². The van der Waals surface area contributed by atoms with Gasteiger partial charge in [-0.1, -0.05) is 38.0 Å². The molecule has 14 heavy (non-hydrogen) atoms. The van der Waals surface area contributed by atoms with E-state index in [0.29, 0.717) is 0 Å². The molecule has 0 bridgehead atoms. The lowest BCUT2D eigenvalue weighted by Crippen LogP contribution is -2.33. The summed E-state index contributed by atoms with van der Waals surface area (Å²) in [5.74, 6) is 0.903. The van der Waals surface area contributed by atoms with Gasteiger partial charge in [-0.2, -0.15) is 0 Å². The van der Waals surface area contributed by atoms with E-state index in [1.54, 1.807) is 0 Å². The van der Waals surface area contributed by atoms with Crippen LogP contribution in [-0.4, -0.2) is 8.32 Å². The SMILES string of the molecule is CCCC[Si](C)(C)Oc1[c]cccc1. The highest BCUT2D eigenvalue weighted by atomic mass is 28.4. The molecule has 0 fully saturated rings. The van der Waals surface area contributed by atoms with Crippen LogP contribution in [0.3, 0.4) is 0 Å². The lowest BCUT2D eigenvalue weighted by molar-refractivity contribution is 0.541. The lowest BCUT2D eigenvalue weighted by Gasteiger charge is -2.23. The summed E-state index contributed by atoms with van der Waals surface area (Å²) in [6.07, 6.45) is 2.52. The van der Waals surface area contributed by atoms with Crippen molar-refractivity contribution in [2.45, 2.75) is 38.9 Å². The first-order valence-electron chi connectivity index (χ1n) is 5.30. The number of rotatable bonds is 5. The average Bonchev–Trinajstić information content (AvgIpc) is 2.16. The molecule has 0 N–H and O–H groups in total. The Bertz CT molecular complexity index is 256. The maximum Gasteiger partial charge on any atom is 0.245 e. The third kappa shape index (κ3) is 3.96. The molecule has 77 valence electrons. The summed E-state index contributed by atoms with van der Waals surface area (Å²) in [7, 11) is -1.50. The van der Waals surface area contributed by atoms with Gasteiger partial charge in [-0.15, -0.1) is 0 Å². The largest absolute Gasteiger partial charge is 0.544 e. The normalized spacial score (nSPS) is 11.4. The summed E-state index contributed by atoms with van der Waals surface area (Å²) < 4.78 is 5.99. The fourth-order valence-electron chi connectivity index (χ4n) is 1.39. The van der Waals surface area contributed by atoms with Crippen molar-refractivity contribution in [1.82, 2.24) is 0 Å². The molecule has 1 aromatic carbocycles. The summed E-state index contributed by atoms with van der Waals surface area (Å²) in [5.41, 5.74) is 0. The molecular formula is C12H19OSi. The highest BCUT2D eigenvalue weighted by molar-refractivity contribution is 6.71. The molecule has 0 amide bonds. The van der Waals surface area contributed by atoms with E-state index in [9.17, 15) is 0 Å². The number of hydrogen-bond acceptors (Lipinski definition) is 1. The second kappa shape index (κ2) is 5.20. The van der Waals surface area contributed by atoms with E-state index < -0.39 is 8.32 Å². The zero-order valence-electron chi connectivity index (χ0n) is 9.34. The first-order valence-corrected chi connectivity index (χ1v) is 8.41. The van der Waals surface area contributed by atoms with Crippen LogP contribution in [0.4, 0.5) is 0 Å². The van der Waals surface area contributed by atoms with Gasteiger partial charge < -0.3 is 4.43 Å². The third-order valence-electron chi connectivity index (χ3n) is 2.20. The molecular weight excluding hydrogens is 188 g/mol. The fourth-order valence-corrected chi connectivity index (χ4v) is 3.42. The van der Waals surface area contributed by atoms with E-state index in [4.69, 9.17) is 4.43 Å². The molecule has 0 aliphatic rings. The highest BCUT2D eigenvalue weighted by Gasteiger charge is 2.23. The van der Waals surface area contributed by atoms with Crippen LogP contribution in [0.25, 0.3) is 0 Å². The smallest absolute Gasteiger partial charge is 0.245 e. The second-order valence-electron chi connectivity index (χ2n) is 4.19. The van der Waals surface area contributed by atoms with Gasteiger partial charge in [0.1, 0.15) is 5.75 Å². The molecule has 1 radical (unpaired) electrons. The van der Waals surface area contributed by atoms with Gasteiger partial charge in [0, 0.05) is 6.07 Å². The van der Waals surface area contributed by atoms with Gasteiger partial charge in [-0.05, 0) is 25.2 Å². The molecule has 0 atom stereocenters. The monoisotopic (exact) mass is 207 g/mol. The van der Waals surface area contributed by atoms with Crippen molar-refractivity contribution in [3.8, 4) is 5.75 Å². The first kappa shape index (κ1) is 11.3. The zero-order chi connectivity index (χ0) is 10.4. The van der Waals surface area contributed by atoms with Gasteiger partial charge in [0.25, 0.3) is 0 Å². The summed E-state index contributed by atoms with van der Waals surface area (Å²) in [6.45, 7) is 6.76. The Morgan fingerprint density at radius 2 is 2.14 bits per heavy atom. The summed E-state index contributed by atoms with van der Waals surface area (Å²) >= 11 is 0. The Labute approximate surface area is 88.2 Å². The summed E-state index contributed by atoms with van der Waals surface area (Å²) in [5, 5.41) is 0. The zero-order valence-corrected chi connectivity index (χ0v) is 10.3. The van der Waals surface area contributed by atoms with Crippen molar-refractivity contribution in [1.29, 1.82) is 0 Å². The van der Waals surface area contributed by atoms with Crippen molar-refractivity contribution in [3.05, 3.63) is 30.3 Å². The van der Waals surface area contributed by atoms with Crippen LogP contribution in [0.2, 0.25) is 19.1 Å². The first-order chi connectivity index (χ1) is 6.64. The van der Waals surface area contributed by atoms with E-state index >= 15 is 0 Å². The van der Waals surface area contributed by atoms with E-state index in [-0.39, 0.29) is 0 Å². The van der Waals surface area contributed by atoms with Gasteiger partial charge in [0.15, 0.2) is 0 Å². The average molecular weight is 207 g/mol. The molecule has 1 rings (SSSR count). The van der Waals surface area contributed by atoms with Gasteiger partial charge in [-0.3, -0.25) is 0 Å². The maximum atomic E-state index is 5.99. The van der Waals surface area contributed by atoms with Crippen LogP contribution in [0, 0.1) is 6.07 Å². The molecule has 0 saturated heterocycles. The number of unbranched alkanes of at least 4 members (excludes halogenated alkanes) is 1. The number of hydrogen-bond donors (Lipinski definition) is 0. The highest BCUT2D eigenvalue weighted by Crippen LogP contribution is 2.19. The van der Waals surface area contributed by atoms with Gasteiger partial charge in [-0.25, -0.2) is 0 Å². The van der Waals surface area contributed by atoms with E-state index in [1.807, 2.05) is 24.3 Å². The number of para-hydroxylation sites is 1. The van der Waals surface area contributed by atoms with E-state index in [1.165, 1.54) is 18.9 Å². The summed E-state index contributed by atoms with van der Waals surface area (Å²) in [4.78, 5) is 0. The van der Waals surface area contributed by atoms with Crippen molar-refractivity contribution in [2.75, 3.05) is 0 Å². The fraction of sp³-hybridized carbons (Fsp3) is 0.500. The molecule has 0 heterocycles. The van der Waals surface area contributed by atoms with Crippen LogP contribution < -0.4 is 4.43 Å². The predicted molar refractivity (Wildman–Crippen MR) is 63.1 cm³/mol. The van der Waals surface area contributed by atoms with Gasteiger partial charge in [0.05, 0.1) is 0 Å². The van der Waals surface area contributed by atoms with Crippen LogP contribution in [0.1, 0.15) is 19.8 Å². The van der Waals surface area contributed by atoms with Gasteiger partial charge >= 0.3 is 0 Å². The Balaban J connectivity index is 2.50. The maximum absolute atomic E-state index is 5.99. The Kier molecular flexibility index (Phi) is 4.20. The molecule has 1 nitrogen and oxygen atoms in total. The quantitative estimate of drug-likeness (QED) is 0.666. The lowest BCUT2D eigenvalue weighted by atomic mass is 10.3. The molecule has 0 spiro atoms. The minimum atomic E-state index is -1.50. The molecule has 0 aliphatic heterocycles. The van der Waals surface area contributed by atoms with Crippen molar-refractivity contribution >= 4 is 8.32 Å². The minimum absolute atomic E-state index is 0.903. The molecule has 1 aromatic rings. The third-order valence-corrected chi connectivity index (χ3v) is 4.53.